The molecule has 1 saturated heterocycles. The summed E-state index contributed by atoms with van der Waals surface area (Å²) in [6, 6.07) is 8.15. The molecule has 0 radical (unpaired) electrons. The molecule has 1 fully saturated rings. The fourth-order valence-electron chi connectivity index (χ4n) is 2.73. The first-order valence-corrected chi connectivity index (χ1v) is 6.40. The van der Waals surface area contributed by atoms with Crippen LogP contribution in [0.2, 0.25) is 0 Å². The zero-order valence-corrected chi connectivity index (χ0v) is 10.1. The van der Waals surface area contributed by atoms with Gasteiger partial charge in [0.25, 0.3) is 0 Å². The Morgan fingerprint density at radius 2 is 2.00 bits per heavy atom. The van der Waals surface area contributed by atoms with E-state index < -0.39 is 0 Å². The number of hydrogen-bond acceptors (Lipinski definition) is 4. The number of benzene rings is 1. The van der Waals surface area contributed by atoms with Crippen LogP contribution in [0.4, 0.5) is 11.4 Å². The number of likely N-dealkylation sites (tertiary alicyclic amines) is 1. The number of nitrogens with one attached hydrogen (secondary N) is 1. The number of aliphatic imine (C=N–C) groups is 1. The minimum atomic E-state index is 0.985. The van der Waals surface area contributed by atoms with Crippen LogP contribution in [-0.4, -0.2) is 28.9 Å². The molecule has 2 aromatic rings. The molecule has 90 valence electrons. The van der Waals surface area contributed by atoms with Crippen LogP contribution in [0.15, 0.2) is 35.5 Å². The van der Waals surface area contributed by atoms with Gasteiger partial charge in [-0.1, -0.05) is 6.07 Å². The average Bonchev–Trinajstić information content (AvgIpc) is 2.93. The fraction of sp³-hybridized carbons (Fsp3) is 0.286. The third-order valence-electron chi connectivity index (χ3n) is 3.62. The predicted octanol–water partition coefficient (Wildman–Crippen LogP) is 2.74. The van der Waals surface area contributed by atoms with Crippen molar-refractivity contribution in [1.82, 2.24) is 9.88 Å². The van der Waals surface area contributed by atoms with Gasteiger partial charge in [-0.25, -0.2) is 4.99 Å². The molecule has 2 aliphatic rings. The molecule has 2 aliphatic heterocycles. The van der Waals surface area contributed by atoms with E-state index >= 15 is 0 Å². The largest absolute Gasteiger partial charge is 0.342 e. The highest BCUT2D eigenvalue weighted by Crippen LogP contribution is 2.35. The van der Waals surface area contributed by atoms with Gasteiger partial charge in [-0.3, -0.25) is 4.98 Å². The lowest BCUT2D eigenvalue weighted by atomic mass is 10.1. The second-order valence-corrected chi connectivity index (χ2v) is 4.78. The van der Waals surface area contributed by atoms with Crippen LogP contribution in [-0.2, 0) is 0 Å². The first kappa shape index (κ1) is 9.88. The highest BCUT2D eigenvalue weighted by molar-refractivity contribution is 6.11. The summed E-state index contributed by atoms with van der Waals surface area (Å²) in [4.78, 5) is 11.4. The van der Waals surface area contributed by atoms with E-state index in [1.54, 1.807) is 0 Å². The third-order valence-corrected chi connectivity index (χ3v) is 3.62. The number of pyridine rings is 1. The summed E-state index contributed by atoms with van der Waals surface area (Å²) in [5.74, 6) is 0.985. The first-order valence-electron chi connectivity index (χ1n) is 6.40. The van der Waals surface area contributed by atoms with Gasteiger partial charge in [0.05, 0.1) is 16.9 Å². The highest BCUT2D eigenvalue weighted by atomic mass is 15.3. The van der Waals surface area contributed by atoms with Crippen molar-refractivity contribution in [3.8, 4) is 0 Å². The lowest BCUT2D eigenvalue weighted by Gasteiger charge is -2.25. The van der Waals surface area contributed by atoms with Crippen LogP contribution in [0.5, 0.6) is 0 Å². The van der Waals surface area contributed by atoms with Gasteiger partial charge in [-0.15, -0.1) is 0 Å². The third kappa shape index (κ3) is 1.38. The molecule has 0 bridgehead atoms. The van der Waals surface area contributed by atoms with Crippen LogP contribution in [0.25, 0.3) is 10.9 Å². The molecular formula is C14H14N4. The summed E-state index contributed by atoms with van der Waals surface area (Å²) in [6.07, 6.45) is 4.35. The van der Waals surface area contributed by atoms with Crippen molar-refractivity contribution in [2.45, 2.75) is 12.8 Å². The Balaban J connectivity index is 1.88. The van der Waals surface area contributed by atoms with E-state index in [-0.39, 0.29) is 0 Å². The summed E-state index contributed by atoms with van der Waals surface area (Å²) in [5, 5.41) is 4.57. The average molecular weight is 238 g/mol. The van der Waals surface area contributed by atoms with Crippen molar-refractivity contribution >= 4 is 28.2 Å². The van der Waals surface area contributed by atoms with E-state index in [0.29, 0.717) is 0 Å². The van der Waals surface area contributed by atoms with Crippen molar-refractivity contribution in [2.75, 3.05) is 18.4 Å². The lowest BCUT2D eigenvalue weighted by Crippen LogP contribution is -2.34. The smallest absolute Gasteiger partial charge is 0.203 e. The summed E-state index contributed by atoms with van der Waals surface area (Å²) < 4.78 is 0. The van der Waals surface area contributed by atoms with Crippen LogP contribution in [0.1, 0.15) is 12.8 Å². The molecule has 0 amide bonds. The van der Waals surface area contributed by atoms with Gasteiger partial charge in [0.1, 0.15) is 0 Å². The molecule has 4 rings (SSSR count). The van der Waals surface area contributed by atoms with Gasteiger partial charge >= 0.3 is 0 Å². The standard InChI is InChI=1S/C14H14N4/c1-2-9-18(8-1)14-16-11-5-3-4-10-13(11)12(17-14)6-7-15-10/h3-7H,1-2,8-9H2,(H,16,17). The van der Waals surface area contributed by atoms with Gasteiger partial charge in [0.2, 0.25) is 5.96 Å². The monoisotopic (exact) mass is 238 g/mol. The topological polar surface area (TPSA) is 40.5 Å². The predicted molar refractivity (Wildman–Crippen MR) is 73.3 cm³/mol. The van der Waals surface area contributed by atoms with Gasteiger partial charge < -0.3 is 10.2 Å². The SMILES string of the molecule is c1cc2c3c(ccnc3c1)N=C(N1CCCC1)N2. The number of rotatable bonds is 0. The first-order chi connectivity index (χ1) is 8.92. The number of nitrogens with zero attached hydrogens (tertiary/aromatic N) is 3. The summed E-state index contributed by atoms with van der Waals surface area (Å²) in [6.45, 7) is 2.20. The molecule has 0 aliphatic carbocycles. The molecule has 1 aromatic heterocycles. The lowest BCUT2D eigenvalue weighted by molar-refractivity contribution is 0.518. The van der Waals surface area contributed by atoms with Crippen molar-refractivity contribution in [3.05, 3.63) is 30.5 Å². The maximum Gasteiger partial charge on any atom is 0.203 e. The second kappa shape index (κ2) is 3.70. The molecule has 0 unspecified atom stereocenters. The Morgan fingerprint density at radius 3 is 2.89 bits per heavy atom. The van der Waals surface area contributed by atoms with E-state index in [2.05, 4.69) is 21.3 Å². The quantitative estimate of drug-likeness (QED) is 0.767. The van der Waals surface area contributed by atoms with Crippen molar-refractivity contribution in [1.29, 1.82) is 0 Å². The van der Waals surface area contributed by atoms with Crippen molar-refractivity contribution in [3.63, 3.8) is 0 Å². The number of guanidine groups is 1. The number of aromatic nitrogens is 1. The Kier molecular flexibility index (Phi) is 2.03. The van der Waals surface area contributed by atoms with Crippen LogP contribution in [0.3, 0.4) is 0 Å². The molecule has 4 heteroatoms. The zero-order valence-electron chi connectivity index (χ0n) is 10.1. The Labute approximate surface area is 105 Å². The van der Waals surface area contributed by atoms with E-state index in [1.165, 1.54) is 12.8 Å². The molecule has 18 heavy (non-hydrogen) atoms. The van der Waals surface area contributed by atoms with Crippen LogP contribution < -0.4 is 5.32 Å². The molecule has 0 saturated carbocycles. The summed E-state index contributed by atoms with van der Waals surface area (Å²) in [7, 11) is 0. The summed E-state index contributed by atoms with van der Waals surface area (Å²) >= 11 is 0. The van der Waals surface area contributed by atoms with Gasteiger partial charge in [0.15, 0.2) is 0 Å². The minimum absolute atomic E-state index is 0.985. The van der Waals surface area contributed by atoms with E-state index in [9.17, 15) is 0 Å². The molecular weight excluding hydrogens is 224 g/mol. The Hall–Kier alpha value is -2.10. The normalized spacial score (nSPS) is 17.8. The van der Waals surface area contributed by atoms with Gasteiger partial charge in [-0.05, 0) is 31.0 Å². The molecule has 0 spiro atoms. The molecule has 1 aromatic carbocycles. The minimum Gasteiger partial charge on any atom is -0.342 e. The van der Waals surface area contributed by atoms with E-state index in [0.717, 1.165) is 41.3 Å². The van der Waals surface area contributed by atoms with Crippen molar-refractivity contribution in [2.24, 2.45) is 4.99 Å². The van der Waals surface area contributed by atoms with E-state index in [4.69, 9.17) is 4.99 Å². The maximum absolute atomic E-state index is 4.74. The number of anilines is 1. The molecule has 0 atom stereocenters. The zero-order chi connectivity index (χ0) is 11.9. The van der Waals surface area contributed by atoms with Gasteiger partial charge in [0, 0.05) is 24.7 Å². The maximum atomic E-state index is 4.74. The second-order valence-electron chi connectivity index (χ2n) is 4.78. The van der Waals surface area contributed by atoms with E-state index in [1.807, 2.05) is 24.4 Å². The Morgan fingerprint density at radius 1 is 1.11 bits per heavy atom. The molecule has 4 nitrogen and oxygen atoms in total. The molecule has 3 heterocycles. The summed E-state index contributed by atoms with van der Waals surface area (Å²) in [5.41, 5.74) is 3.14. The van der Waals surface area contributed by atoms with Crippen molar-refractivity contribution < 1.29 is 0 Å². The van der Waals surface area contributed by atoms with Crippen LogP contribution in [0, 0.1) is 0 Å². The van der Waals surface area contributed by atoms with Crippen LogP contribution >= 0.6 is 0 Å². The number of hydrogen-bond donors (Lipinski definition) is 1. The fourth-order valence-corrected chi connectivity index (χ4v) is 2.73. The highest BCUT2D eigenvalue weighted by Gasteiger charge is 2.21. The molecule has 1 N–H and O–H groups in total. The van der Waals surface area contributed by atoms with Gasteiger partial charge in [-0.2, -0.15) is 0 Å². The Bertz CT molecular complexity index is 636.